The molecule has 0 spiro atoms. The van der Waals surface area contributed by atoms with Crippen LogP contribution >= 0.6 is 0 Å². The van der Waals surface area contributed by atoms with E-state index in [9.17, 15) is 47.8 Å². The zero-order valence-corrected chi connectivity index (χ0v) is 45.0. The Morgan fingerprint density at radius 3 is 2.31 bits per heavy atom. The topological polar surface area (TPSA) is 223 Å². The highest BCUT2D eigenvalue weighted by atomic mass is 19.3. The summed E-state index contributed by atoms with van der Waals surface area (Å²) in [4.78, 5) is 97.6. The van der Waals surface area contributed by atoms with Gasteiger partial charge in [-0.2, -0.15) is 0 Å². The number of alkyl halides is 2. The van der Waals surface area contributed by atoms with E-state index in [1.54, 1.807) is 46.3 Å². The van der Waals surface area contributed by atoms with Gasteiger partial charge in [-0.15, -0.1) is 0 Å². The first kappa shape index (κ1) is 57.0. The predicted molar refractivity (Wildman–Crippen MR) is 290 cm³/mol. The molecule has 1 unspecified atom stereocenters. The molecule has 1 atom stereocenters. The molecule has 9 rings (SSSR count). The van der Waals surface area contributed by atoms with E-state index in [-0.39, 0.29) is 72.2 Å². The van der Waals surface area contributed by atoms with Crippen molar-refractivity contribution >= 4 is 64.9 Å². The molecule has 0 saturated carbocycles. The quantitative estimate of drug-likeness (QED) is 0.0620. The van der Waals surface area contributed by atoms with Gasteiger partial charge >= 0.3 is 0 Å². The van der Waals surface area contributed by atoms with Crippen molar-refractivity contribution in [1.29, 1.82) is 5.41 Å². The third kappa shape index (κ3) is 12.9. The van der Waals surface area contributed by atoms with Crippen molar-refractivity contribution in [1.82, 2.24) is 45.1 Å². The number of carbonyl (C=O) groups excluding carboxylic acids is 7. The van der Waals surface area contributed by atoms with Crippen molar-refractivity contribution in [3.63, 3.8) is 0 Å². The van der Waals surface area contributed by atoms with E-state index < -0.39 is 18.4 Å². The van der Waals surface area contributed by atoms with Crippen LogP contribution in [0.25, 0.3) is 22.0 Å². The maximum Gasteiger partial charge on any atom is 0.264 e. The average molecular weight is 1080 g/mol. The van der Waals surface area contributed by atoms with Crippen LogP contribution in [0, 0.1) is 5.41 Å². The van der Waals surface area contributed by atoms with E-state index >= 15 is 0 Å². The van der Waals surface area contributed by atoms with Gasteiger partial charge in [0.2, 0.25) is 17.7 Å². The molecule has 4 aromatic rings. The van der Waals surface area contributed by atoms with E-state index in [2.05, 4.69) is 20.9 Å². The Balaban J connectivity index is 0.000000211. The van der Waals surface area contributed by atoms with Crippen LogP contribution in [0.2, 0.25) is 0 Å². The predicted octanol–water partition coefficient (Wildman–Crippen LogP) is 5.04. The normalized spacial score (nSPS) is 17.4. The van der Waals surface area contributed by atoms with Gasteiger partial charge in [-0.1, -0.05) is 0 Å². The number of piperidine rings is 1. The summed E-state index contributed by atoms with van der Waals surface area (Å²) in [6.45, 7) is 7.19. The molecular formula is C57H71F2N11O8. The fraction of sp³-hybridized carbons (Fsp3) is 0.491. The van der Waals surface area contributed by atoms with E-state index in [1.165, 1.54) is 32.0 Å². The minimum Gasteiger partial charge on any atom is -0.385 e. The number of aromatic nitrogens is 2. The fourth-order valence-corrected chi connectivity index (χ4v) is 11.3. The molecule has 416 valence electrons. The third-order valence-electron chi connectivity index (χ3n) is 15.8. The molecule has 21 heteroatoms. The number of halogens is 2. The van der Waals surface area contributed by atoms with Crippen molar-refractivity contribution in [2.24, 2.45) is 0 Å². The number of hydrogen-bond acceptors (Lipinski definition) is 13. The molecule has 2 aromatic heterocycles. The van der Waals surface area contributed by atoms with Gasteiger partial charge in [-0.3, -0.25) is 39.3 Å². The van der Waals surface area contributed by atoms with E-state index in [1.807, 2.05) is 27.8 Å². The molecule has 2 fully saturated rings. The van der Waals surface area contributed by atoms with Gasteiger partial charge in [-0.25, -0.2) is 8.78 Å². The number of likely N-dealkylation sites (tertiary alicyclic amines) is 1. The largest absolute Gasteiger partial charge is 0.385 e. The van der Waals surface area contributed by atoms with E-state index in [0.717, 1.165) is 85.0 Å². The number of anilines is 1. The van der Waals surface area contributed by atoms with Gasteiger partial charge in [-0.05, 0) is 105 Å². The van der Waals surface area contributed by atoms with Crippen LogP contribution in [0.1, 0.15) is 108 Å². The SMILES string of the molecule is CC(=O)N1CCC(NC2CCOCC2)=C(C(=N)N2CCCc3cc(-c4cn(CC=O)c5ccncc45)c(C(F)F)cc32)C1.CNC(=O)CCC(C=O)N(C)C(=O)c1cc2c(cc1C=O)CN(CC(=O)N1CCC(NC)CC1)C2. The van der Waals surface area contributed by atoms with Crippen LogP contribution in [0.5, 0.6) is 0 Å². The van der Waals surface area contributed by atoms with Crippen molar-refractivity contribution < 1.29 is 47.1 Å². The summed E-state index contributed by atoms with van der Waals surface area (Å²) in [6.07, 6.45) is 10.3. The molecule has 0 bridgehead atoms. The lowest BCUT2D eigenvalue weighted by atomic mass is 9.91. The number of fused-ring (bicyclic) bond motifs is 3. The summed E-state index contributed by atoms with van der Waals surface area (Å²) in [5.41, 5.74) is 7.07. The van der Waals surface area contributed by atoms with Gasteiger partial charge in [0.25, 0.3) is 12.3 Å². The zero-order chi connectivity index (χ0) is 55.6. The van der Waals surface area contributed by atoms with Crippen LogP contribution in [-0.2, 0) is 54.8 Å². The Hall–Kier alpha value is -7.23. The van der Waals surface area contributed by atoms with Crippen LogP contribution < -0.4 is 20.9 Å². The molecule has 78 heavy (non-hydrogen) atoms. The number of likely N-dealkylation sites (N-methyl/N-ethyl adjacent to an activating group) is 1. The average Bonchev–Trinajstić information content (AvgIpc) is 4.08. The van der Waals surface area contributed by atoms with Gasteiger partial charge < -0.3 is 54.4 Å². The van der Waals surface area contributed by atoms with Gasteiger partial charge in [0, 0.05) is 156 Å². The first-order chi connectivity index (χ1) is 37.7. The summed E-state index contributed by atoms with van der Waals surface area (Å²) in [6, 6.07) is 8.42. The molecule has 5 aliphatic rings. The summed E-state index contributed by atoms with van der Waals surface area (Å²) < 4.78 is 36.8. The monoisotopic (exact) mass is 1080 g/mol. The number of amides is 4. The lowest BCUT2D eigenvalue weighted by molar-refractivity contribution is -0.133. The van der Waals surface area contributed by atoms with Gasteiger partial charge in [0.1, 0.15) is 18.4 Å². The van der Waals surface area contributed by atoms with Crippen LogP contribution in [0.3, 0.4) is 0 Å². The molecule has 4 amide bonds. The van der Waals surface area contributed by atoms with E-state index in [0.29, 0.717) is 99.6 Å². The first-order valence-corrected chi connectivity index (χ1v) is 26.9. The van der Waals surface area contributed by atoms with E-state index in [4.69, 9.17) is 4.74 Å². The number of rotatable bonds is 17. The molecule has 19 nitrogen and oxygen atoms in total. The number of carbonyl (C=O) groups is 7. The molecule has 5 aliphatic heterocycles. The van der Waals surface area contributed by atoms with Crippen molar-refractivity contribution in [2.75, 3.05) is 78.5 Å². The summed E-state index contributed by atoms with van der Waals surface area (Å²) >= 11 is 0. The van der Waals surface area contributed by atoms with Crippen LogP contribution in [0.15, 0.2) is 60.2 Å². The third-order valence-corrected chi connectivity index (χ3v) is 15.8. The highest BCUT2D eigenvalue weighted by Gasteiger charge is 2.34. The second-order valence-electron chi connectivity index (χ2n) is 20.7. The smallest absolute Gasteiger partial charge is 0.264 e. The second kappa shape index (κ2) is 25.9. The molecule has 0 aliphatic carbocycles. The lowest BCUT2D eigenvalue weighted by Gasteiger charge is -2.38. The Morgan fingerprint density at radius 2 is 1.64 bits per heavy atom. The van der Waals surface area contributed by atoms with Gasteiger partial charge in [0.15, 0.2) is 6.29 Å². The highest BCUT2D eigenvalue weighted by Crippen LogP contribution is 2.42. The number of nitrogens with zero attached hydrogens (tertiary/aromatic N) is 7. The summed E-state index contributed by atoms with van der Waals surface area (Å²) in [5.74, 6) is -0.400. The van der Waals surface area contributed by atoms with Crippen molar-refractivity contribution in [3.05, 3.63) is 93.6 Å². The molecule has 2 aromatic carbocycles. The number of pyridine rings is 1. The van der Waals surface area contributed by atoms with Gasteiger partial charge in [0.05, 0.1) is 36.8 Å². The standard InChI is InChI=1S/C32H36F2N6O3.C25H35N5O5/c1-20(42)38-10-5-28(37-22-6-13-43-14-7-22)27(19-38)32(35)40-9-2-3-21-15-23(24(31(33)34)16-30(21)40)26-18-39(11-12-41)29-4-8-36-17-25(26)29;1-26-20-6-8-30(9-7-20)24(34)14-29-12-17-10-19(15-31)22(11-18(17)13-29)25(35)28(3)21(16-32)4-5-23(33)27-2/h4,8,12,15-18,22,31,35,37H,2-3,5-7,9-11,13-14,19H2,1H3;10-11,15-16,20-21,26H,4-9,12-14H2,1-3H3,(H,27,33). The fourth-order valence-electron chi connectivity index (χ4n) is 11.3. The Morgan fingerprint density at radius 1 is 0.897 bits per heavy atom. The maximum atomic E-state index is 14.8. The molecular weight excluding hydrogens is 1000 g/mol. The second-order valence-corrected chi connectivity index (χ2v) is 20.7. The first-order valence-electron chi connectivity index (χ1n) is 26.9. The number of hydrogen-bond donors (Lipinski definition) is 4. The highest BCUT2D eigenvalue weighted by molar-refractivity contribution is 6.10. The Labute approximate surface area is 453 Å². The summed E-state index contributed by atoms with van der Waals surface area (Å²) in [5, 5.41) is 19.5. The number of nitrogens with one attached hydrogen (secondary N) is 4. The molecule has 4 N–H and O–H groups in total. The number of ether oxygens (including phenoxy) is 1. The van der Waals surface area contributed by atoms with Crippen LogP contribution in [0.4, 0.5) is 14.5 Å². The Kier molecular flexibility index (Phi) is 18.9. The minimum absolute atomic E-state index is 0.0534. The number of benzene rings is 2. The lowest BCUT2D eigenvalue weighted by Crippen LogP contribution is -2.46. The maximum absolute atomic E-state index is 14.8. The minimum atomic E-state index is -2.76. The molecule has 7 heterocycles. The molecule has 0 radical (unpaired) electrons. The number of aldehydes is 3. The van der Waals surface area contributed by atoms with Crippen molar-refractivity contribution in [2.45, 2.75) is 109 Å². The Bertz CT molecular complexity index is 2950. The zero-order valence-electron chi connectivity index (χ0n) is 45.0. The van der Waals surface area contributed by atoms with Crippen molar-refractivity contribution in [3.8, 4) is 11.1 Å². The summed E-state index contributed by atoms with van der Waals surface area (Å²) in [7, 11) is 4.95. The molecule has 2 saturated heterocycles. The van der Waals surface area contributed by atoms with Crippen LogP contribution in [-0.4, -0.2) is 169 Å². The number of amidine groups is 1. The number of aryl methyl sites for hydroxylation is 1.